The second-order valence-corrected chi connectivity index (χ2v) is 8.30. The predicted octanol–water partition coefficient (Wildman–Crippen LogP) is 1.93. The molecule has 0 aliphatic rings. The Morgan fingerprint density at radius 3 is 2.32 bits per heavy atom. The predicted molar refractivity (Wildman–Crippen MR) is 87.4 cm³/mol. The summed E-state index contributed by atoms with van der Waals surface area (Å²) in [5, 5.41) is 10.9. The van der Waals surface area contributed by atoms with Gasteiger partial charge in [0, 0.05) is 6.54 Å². The molecule has 0 aromatic heterocycles. The average Bonchev–Trinajstić information content (AvgIpc) is 2.45. The van der Waals surface area contributed by atoms with Crippen LogP contribution < -0.4 is 5.32 Å². The Morgan fingerprint density at radius 1 is 1.32 bits per heavy atom. The molecular formula is C14H18ClF3N2O4S. The summed E-state index contributed by atoms with van der Waals surface area (Å²) in [7, 11) is -0.239. The Hall–Kier alpha value is -1.36. The van der Waals surface area contributed by atoms with Gasteiger partial charge in [0.2, 0.25) is 5.60 Å². The number of benzene rings is 1. The van der Waals surface area contributed by atoms with Gasteiger partial charge in [-0.3, -0.25) is 4.79 Å². The van der Waals surface area contributed by atoms with Gasteiger partial charge in [-0.2, -0.15) is 13.2 Å². The highest BCUT2D eigenvalue weighted by Gasteiger charge is 2.55. The number of carbonyl (C=O) groups excluding carboxylic acids is 1. The molecule has 2 N–H and O–H groups in total. The molecule has 0 bridgehead atoms. The summed E-state index contributed by atoms with van der Waals surface area (Å²) in [6.45, 7) is 0.573. The van der Waals surface area contributed by atoms with Crippen LogP contribution in [-0.4, -0.2) is 62.5 Å². The van der Waals surface area contributed by atoms with E-state index >= 15 is 0 Å². The third-order valence-corrected chi connectivity index (χ3v) is 5.35. The minimum absolute atomic E-state index is 0.125. The third-order valence-electron chi connectivity index (χ3n) is 3.35. The van der Waals surface area contributed by atoms with Crippen LogP contribution in [0.15, 0.2) is 23.1 Å². The molecular weight excluding hydrogens is 385 g/mol. The molecule has 0 aliphatic heterocycles. The van der Waals surface area contributed by atoms with Gasteiger partial charge in [0.25, 0.3) is 5.91 Å². The molecule has 142 valence electrons. The number of anilines is 1. The van der Waals surface area contributed by atoms with Gasteiger partial charge in [-0.25, -0.2) is 8.42 Å². The van der Waals surface area contributed by atoms with Crippen molar-refractivity contribution >= 4 is 33.0 Å². The molecule has 1 rings (SSSR count). The van der Waals surface area contributed by atoms with E-state index in [1.54, 1.807) is 19.0 Å². The fourth-order valence-corrected chi connectivity index (χ4v) is 3.29. The van der Waals surface area contributed by atoms with E-state index in [1.165, 1.54) is 0 Å². The van der Waals surface area contributed by atoms with Gasteiger partial charge in [-0.15, -0.1) is 0 Å². The molecule has 6 nitrogen and oxygen atoms in total. The van der Waals surface area contributed by atoms with E-state index in [1.807, 2.05) is 5.32 Å². The molecule has 1 unspecified atom stereocenters. The molecule has 1 atom stereocenters. The molecule has 1 aromatic rings. The van der Waals surface area contributed by atoms with Crippen molar-refractivity contribution in [1.82, 2.24) is 4.90 Å². The van der Waals surface area contributed by atoms with Crippen LogP contribution in [0, 0.1) is 0 Å². The van der Waals surface area contributed by atoms with E-state index in [0.29, 0.717) is 6.92 Å². The molecule has 0 saturated heterocycles. The van der Waals surface area contributed by atoms with Crippen molar-refractivity contribution in [3.8, 4) is 0 Å². The summed E-state index contributed by atoms with van der Waals surface area (Å²) in [6, 6.07) is 3.22. The van der Waals surface area contributed by atoms with Crippen LogP contribution in [0.4, 0.5) is 18.9 Å². The average molecular weight is 403 g/mol. The maximum atomic E-state index is 12.6. The number of nitrogens with zero attached hydrogens (tertiary/aromatic N) is 1. The summed E-state index contributed by atoms with van der Waals surface area (Å²) in [4.78, 5) is 13.2. The molecule has 11 heteroatoms. The van der Waals surface area contributed by atoms with E-state index in [0.717, 1.165) is 18.2 Å². The van der Waals surface area contributed by atoms with Crippen LogP contribution in [0.5, 0.6) is 0 Å². The summed E-state index contributed by atoms with van der Waals surface area (Å²) < 4.78 is 62.2. The number of amides is 1. The number of hydrogen-bond acceptors (Lipinski definition) is 5. The molecule has 0 radical (unpaired) electrons. The van der Waals surface area contributed by atoms with Gasteiger partial charge in [0.05, 0.1) is 21.4 Å². The SMILES string of the molecule is CN(C)CCS(=O)(=O)c1ccc(NC(=O)C(C)(O)C(F)(F)F)c(Cl)c1. The fraction of sp³-hybridized carbons (Fsp3) is 0.500. The van der Waals surface area contributed by atoms with E-state index < -0.39 is 27.5 Å². The number of nitrogens with one attached hydrogen (secondary N) is 1. The topological polar surface area (TPSA) is 86.7 Å². The highest BCUT2D eigenvalue weighted by molar-refractivity contribution is 7.91. The van der Waals surface area contributed by atoms with Gasteiger partial charge >= 0.3 is 6.18 Å². The van der Waals surface area contributed by atoms with Crippen LogP contribution in [0.1, 0.15) is 6.92 Å². The lowest BCUT2D eigenvalue weighted by atomic mass is 10.1. The maximum Gasteiger partial charge on any atom is 0.426 e. The minimum atomic E-state index is -5.18. The maximum absolute atomic E-state index is 12.6. The van der Waals surface area contributed by atoms with Gasteiger partial charge in [0.1, 0.15) is 0 Å². The first-order chi connectivity index (χ1) is 11.2. The number of halogens is 4. The van der Waals surface area contributed by atoms with Gasteiger partial charge in [0.15, 0.2) is 9.84 Å². The highest BCUT2D eigenvalue weighted by atomic mass is 35.5. The number of sulfone groups is 1. The van der Waals surface area contributed by atoms with Crippen LogP contribution in [0.25, 0.3) is 0 Å². The van der Waals surface area contributed by atoms with Gasteiger partial charge < -0.3 is 15.3 Å². The summed E-state index contributed by atoms with van der Waals surface area (Å²) in [6.07, 6.45) is -5.18. The number of alkyl halides is 3. The normalized spacial score (nSPS) is 15.1. The third kappa shape index (κ3) is 5.30. The molecule has 0 saturated carbocycles. The van der Waals surface area contributed by atoms with Crippen LogP contribution in [0.2, 0.25) is 5.02 Å². The first-order valence-electron chi connectivity index (χ1n) is 6.96. The zero-order chi connectivity index (χ0) is 19.6. The lowest BCUT2D eigenvalue weighted by Gasteiger charge is -2.25. The van der Waals surface area contributed by atoms with Crippen molar-refractivity contribution in [1.29, 1.82) is 0 Å². The van der Waals surface area contributed by atoms with Crippen LogP contribution in [-0.2, 0) is 14.6 Å². The summed E-state index contributed by atoms with van der Waals surface area (Å²) in [5.41, 5.74) is -3.87. The number of hydrogen-bond donors (Lipinski definition) is 2. The first-order valence-corrected chi connectivity index (χ1v) is 8.99. The zero-order valence-electron chi connectivity index (χ0n) is 13.7. The van der Waals surface area contributed by atoms with E-state index in [-0.39, 0.29) is 27.9 Å². The van der Waals surface area contributed by atoms with Crippen LogP contribution in [0.3, 0.4) is 0 Å². The van der Waals surface area contributed by atoms with E-state index in [4.69, 9.17) is 11.6 Å². The minimum Gasteiger partial charge on any atom is -0.373 e. The fourth-order valence-electron chi connectivity index (χ4n) is 1.58. The number of carbonyl (C=O) groups is 1. The van der Waals surface area contributed by atoms with Gasteiger partial charge in [-0.1, -0.05) is 11.6 Å². The largest absolute Gasteiger partial charge is 0.426 e. The van der Waals surface area contributed by atoms with Crippen LogP contribution >= 0.6 is 11.6 Å². The molecule has 25 heavy (non-hydrogen) atoms. The lowest BCUT2D eigenvalue weighted by Crippen LogP contribution is -2.52. The number of rotatable bonds is 6. The first kappa shape index (κ1) is 21.7. The highest BCUT2D eigenvalue weighted by Crippen LogP contribution is 2.32. The van der Waals surface area contributed by atoms with E-state index in [9.17, 15) is 31.5 Å². The Morgan fingerprint density at radius 2 is 1.88 bits per heavy atom. The summed E-state index contributed by atoms with van der Waals surface area (Å²) >= 11 is 5.85. The van der Waals surface area contributed by atoms with E-state index in [2.05, 4.69) is 0 Å². The van der Waals surface area contributed by atoms with Crippen molar-refractivity contribution in [3.05, 3.63) is 23.2 Å². The standard InChI is InChI=1S/C14H18ClF3N2O4S/c1-13(22,14(16,17)18)12(21)19-11-5-4-9(8-10(11)15)25(23,24)7-6-20(2)3/h4-5,8,22H,6-7H2,1-3H3,(H,19,21). The molecule has 0 heterocycles. The second kappa shape index (κ2) is 7.48. The van der Waals surface area contributed by atoms with Gasteiger partial charge in [-0.05, 0) is 39.2 Å². The Kier molecular flexibility index (Phi) is 6.49. The van der Waals surface area contributed by atoms with Crippen molar-refractivity contribution < 1.29 is 31.5 Å². The Bertz CT molecular complexity index is 749. The Labute approximate surface area is 148 Å². The molecule has 1 amide bonds. The molecule has 0 fully saturated rings. The van der Waals surface area contributed by atoms with Crippen molar-refractivity contribution in [2.75, 3.05) is 31.7 Å². The molecule has 0 spiro atoms. The van der Waals surface area contributed by atoms with Crippen molar-refractivity contribution in [3.63, 3.8) is 0 Å². The zero-order valence-corrected chi connectivity index (χ0v) is 15.3. The quantitative estimate of drug-likeness (QED) is 0.759. The Balaban J connectivity index is 3.02. The molecule has 1 aromatic carbocycles. The van der Waals surface area contributed by atoms with Crippen molar-refractivity contribution in [2.45, 2.75) is 23.6 Å². The monoisotopic (exact) mass is 402 g/mol. The smallest absolute Gasteiger partial charge is 0.373 e. The molecule has 0 aliphatic carbocycles. The second-order valence-electron chi connectivity index (χ2n) is 5.79. The van der Waals surface area contributed by atoms with Crippen molar-refractivity contribution in [2.24, 2.45) is 0 Å². The number of aliphatic hydroxyl groups is 1. The summed E-state index contributed by atoms with van der Waals surface area (Å²) in [5.74, 6) is -1.91. The lowest BCUT2D eigenvalue weighted by molar-refractivity contribution is -0.242.